The van der Waals surface area contributed by atoms with E-state index in [0.717, 1.165) is 50.5 Å². The van der Waals surface area contributed by atoms with Gasteiger partial charge in [0.15, 0.2) is 6.61 Å². The van der Waals surface area contributed by atoms with Gasteiger partial charge in [-0.3, -0.25) is 4.79 Å². The smallest absolute Gasteiger partial charge is 0.257 e. The fourth-order valence-corrected chi connectivity index (χ4v) is 2.98. The first-order valence-corrected chi connectivity index (χ1v) is 10.2. The zero-order chi connectivity index (χ0) is 20.0. The molecule has 0 saturated heterocycles. The molecule has 0 unspecified atom stereocenters. The van der Waals surface area contributed by atoms with Crippen molar-refractivity contribution in [2.45, 2.75) is 26.8 Å². The van der Waals surface area contributed by atoms with Gasteiger partial charge in [0.25, 0.3) is 5.91 Å². The molecule has 5 nitrogen and oxygen atoms in total. The van der Waals surface area contributed by atoms with Crippen LogP contribution in [-0.4, -0.2) is 50.1 Å². The molecule has 2 N–H and O–H groups in total. The second-order valence-electron chi connectivity index (χ2n) is 6.69. The van der Waals surface area contributed by atoms with E-state index in [4.69, 9.17) is 4.74 Å². The van der Waals surface area contributed by atoms with Crippen LogP contribution in [0.5, 0.6) is 5.75 Å². The third-order valence-corrected chi connectivity index (χ3v) is 4.72. The number of amides is 1. The third kappa shape index (κ3) is 8.11. The van der Waals surface area contributed by atoms with E-state index in [1.165, 1.54) is 5.56 Å². The summed E-state index contributed by atoms with van der Waals surface area (Å²) in [6.45, 7) is 9.82. The molecule has 0 fully saturated rings. The lowest BCUT2D eigenvalue weighted by atomic mass is 10.1. The Hall–Kier alpha value is -2.37. The van der Waals surface area contributed by atoms with E-state index >= 15 is 0 Å². The highest BCUT2D eigenvalue weighted by Gasteiger charge is 2.07. The molecule has 0 atom stereocenters. The Balaban J connectivity index is 1.70. The Morgan fingerprint density at radius 1 is 0.964 bits per heavy atom. The molecule has 0 heterocycles. The zero-order valence-electron chi connectivity index (χ0n) is 17.1. The van der Waals surface area contributed by atoms with Crippen molar-refractivity contribution in [3.63, 3.8) is 0 Å². The van der Waals surface area contributed by atoms with Crippen LogP contribution in [-0.2, 0) is 17.8 Å². The zero-order valence-corrected chi connectivity index (χ0v) is 17.1. The number of nitrogens with zero attached hydrogens (tertiary/aromatic N) is 1. The number of hydrogen-bond acceptors (Lipinski definition) is 4. The van der Waals surface area contributed by atoms with Gasteiger partial charge in [-0.2, -0.15) is 0 Å². The van der Waals surface area contributed by atoms with Crippen LogP contribution in [0.15, 0.2) is 54.6 Å². The molecule has 152 valence electrons. The van der Waals surface area contributed by atoms with Gasteiger partial charge in [0.2, 0.25) is 0 Å². The second-order valence-corrected chi connectivity index (χ2v) is 6.69. The third-order valence-electron chi connectivity index (χ3n) is 4.72. The SMILES string of the molecule is CCN(CC)CCNCc1ccccc1OCC(=O)NCCc1ccccc1. The number of likely N-dealkylation sites (N-methyl/N-ethyl adjacent to an activating group) is 1. The van der Waals surface area contributed by atoms with E-state index in [9.17, 15) is 4.79 Å². The van der Waals surface area contributed by atoms with E-state index in [-0.39, 0.29) is 12.5 Å². The molecule has 5 heteroatoms. The summed E-state index contributed by atoms with van der Waals surface area (Å²) >= 11 is 0. The number of nitrogens with one attached hydrogen (secondary N) is 2. The highest BCUT2D eigenvalue weighted by molar-refractivity contribution is 5.77. The molecule has 0 bridgehead atoms. The molecule has 0 aliphatic heterocycles. The summed E-state index contributed by atoms with van der Waals surface area (Å²) in [5.74, 6) is 0.663. The summed E-state index contributed by atoms with van der Waals surface area (Å²) in [5, 5.41) is 6.37. The lowest BCUT2D eigenvalue weighted by Crippen LogP contribution is -2.32. The average Bonchev–Trinajstić information content (AvgIpc) is 2.74. The molecule has 2 aromatic carbocycles. The van der Waals surface area contributed by atoms with Gasteiger partial charge in [0.1, 0.15) is 5.75 Å². The van der Waals surface area contributed by atoms with Crippen LogP contribution in [0.1, 0.15) is 25.0 Å². The number of benzene rings is 2. The van der Waals surface area contributed by atoms with Crippen molar-refractivity contribution in [3.8, 4) is 5.75 Å². The molecule has 2 aromatic rings. The fourth-order valence-electron chi connectivity index (χ4n) is 2.98. The standard InChI is InChI=1S/C23H33N3O2/c1-3-26(4-2)17-16-24-18-21-12-8-9-13-22(21)28-19-23(27)25-15-14-20-10-6-5-7-11-20/h5-13,24H,3-4,14-19H2,1-2H3,(H,25,27). The Labute approximate surface area is 169 Å². The van der Waals surface area contributed by atoms with Crippen LogP contribution >= 0.6 is 0 Å². The highest BCUT2D eigenvalue weighted by Crippen LogP contribution is 2.17. The number of ether oxygens (including phenoxy) is 1. The first kappa shape index (κ1) is 21.9. The van der Waals surface area contributed by atoms with Crippen LogP contribution in [0.4, 0.5) is 0 Å². The minimum Gasteiger partial charge on any atom is -0.483 e. The van der Waals surface area contributed by atoms with Gasteiger partial charge in [-0.05, 0) is 31.1 Å². The first-order valence-electron chi connectivity index (χ1n) is 10.2. The maximum Gasteiger partial charge on any atom is 0.257 e. The number of carbonyl (C=O) groups excluding carboxylic acids is 1. The van der Waals surface area contributed by atoms with Crippen LogP contribution in [0, 0.1) is 0 Å². The van der Waals surface area contributed by atoms with Gasteiger partial charge in [-0.1, -0.05) is 62.4 Å². The van der Waals surface area contributed by atoms with Crippen molar-refractivity contribution in [3.05, 3.63) is 65.7 Å². The summed E-state index contributed by atoms with van der Waals surface area (Å²) < 4.78 is 5.76. The Morgan fingerprint density at radius 3 is 2.43 bits per heavy atom. The maximum absolute atomic E-state index is 12.1. The molecule has 1 amide bonds. The van der Waals surface area contributed by atoms with Crippen LogP contribution in [0.2, 0.25) is 0 Å². The van der Waals surface area contributed by atoms with Crippen molar-refractivity contribution >= 4 is 5.91 Å². The summed E-state index contributed by atoms with van der Waals surface area (Å²) in [5.41, 5.74) is 2.28. The monoisotopic (exact) mass is 383 g/mol. The van der Waals surface area contributed by atoms with Crippen molar-refractivity contribution < 1.29 is 9.53 Å². The minimum absolute atomic E-state index is 0.0330. The van der Waals surface area contributed by atoms with E-state index in [2.05, 4.69) is 41.5 Å². The van der Waals surface area contributed by atoms with Crippen LogP contribution in [0.25, 0.3) is 0 Å². The molecule has 0 radical (unpaired) electrons. The summed E-state index contributed by atoms with van der Waals surface area (Å²) in [4.78, 5) is 14.4. The van der Waals surface area contributed by atoms with Gasteiger partial charge < -0.3 is 20.3 Å². The number of hydrogen-bond donors (Lipinski definition) is 2. The summed E-state index contributed by atoms with van der Waals surface area (Å²) in [7, 11) is 0. The van der Waals surface area contributed by atoms with E-state index in [1.54, 1.807) is 0 Å². The highest BCUT2D eigenvalue weighted by atomic mass is 16.5. The topological polar surface area (TPSA) is 53.6 Å². The lowest BCUT2D eigenvalue weighted by Gasteiger charge is -2.18. The van der Waals surface area contributed by atoms with Crippen molar-refractivity contribution in [2.75, 3.05) is 39.3 Å². The van der Waals surface area contributed by atoms with Gasteiger partial charge in [0, 0.05) is 31.7 Å². The van der Waals surface area contributed by atoms with Gasteiger partial charge in [-0.25, -0.2) is 0 Å². The van der Waals surface area contributed by atoms with E-state index < -0.39 is 0 Å². The maximum atomic E-state index is 12.1. The molecular formula is C23H33N3O2. The molecule has 0 spiro atoms. The van der Waals surface area contributed by atoms with Gasteiger partial charge in [-0.15, -0.1) is 0 Å². The number of carbonyl (C=O) groups is 1. The van der Waals surface area contributed by atoms with Crippen molar-refractivity contribution in [2.24, 2.45) is 0 Å². The first-order chi connectivity index (χ1) is 13.7. The molecular weight excluding hydrogens is 350 g/mol. The minimum atomic E-state index is -0.0970. The van der Waals surface area contributed by atoms with Crippen LogP contribution < -0.4 is 15.4 Å². The predicted molar refractivity (Wildman–Crippen MR) is 115 cm³/mol. The van der Waals surface area contributed by atoms with Crippen LogP contribution in [0.3, 0.4) is 0 Å². The summed E-state index contributed by atoms with van der Waals surface area (Å²) in [6, 6.07) is 18.0. The van der Waals surface area contributed by atoms with E-state index in [1.807, 2.05) is 42.5 Å². The Kier molecular flexibility index (Phi) is 10.1. The Morgan fingerprint density at radius 2 is 1.68 bits per heavy atom. The second kappa shape index (κ2) is 12.9. The molecule has 28 heavy (non-hydrogen) atoms. The largest absolute Gasteiger partial charge is 0.483 e. The number of rotatable bonds is 13. The normalized spacial score (nSPS) is 10.8. The van der Waals surface area contributed by atoms with Gasteiger partial charge in [0.05, 0.1) is 0 Å². The summed E-state index contributed by atoms with van der Waals surface area (Å²) in [6.07, 6.45) is 0.819. The van der Waals surface area contributed by atoms with Gasteiger partial charge >= 0.3 is 0 Å². The molecule has 0 aliphatic carbocycles. The molecule has 2 rings (SSSR count). The van der Waals surface area contributed by atoms with Crippen molar-refractivity contribution in [1.29, 1.82) is 0 Å². The number of para-hydroxylation sites is 1. The molecule has 0 saturated carbocycles. The van der Waals surface area contributed by atoms with Crippen molar-refractivity contribution in [1.82, 2.24) is 15.5 Å². The Bertz CT molecular complexity index is 687. The fraction of sp³-hybridized carbons (Fsp3) is 0.435. The quantitative estimate of drug-likeness (QED) is 0.522. The molecule has 0 aliphatic rings. The predicted octanol–water partition coefficient (Wildman–Crippen LogP) is 2.86. The average molecular weight is 384 g/mol. The van der Waals surface area contributed by atoms with E-state index in [0.29, 0.717) is 6.54 Å². The molecule has 0 aromatic heterocycles. The lowest BCUT2D eigenvalue weighted by molar-refractivity contribution is -0.123.